The Labute approximate surface area is 160 Å². The number of anilines is 1. The Hall–Kier alpha value is -3.54. The predicted molar refractivity (Wildman–Crippen MR) is 100 cm³/mol. The molecule has 0 aliphatic carbocycles. The smallest absolute Gasteiger partial charge is 0.231 e. The standard InChI is InChI=1S/C22H16FNO4/c23-21-16-11-26-18-9-20-19(27-12-28-20)8-15(18)22(25)14(16)6-7-17(21)24-10-13-4-2-1-3-5-13/h1-9,24H,10-12H2. The van der Waals surface area contributed by atoms with Gasteiger partial charge in [0.25, 0.3) is 0 Å². The van der Waals surface area contributed by atoms with Crippen LogP contribution in [0, 0.1) is 5.82 Å². The van der Waals surface area contributed by atoms with Crippen LogP contribution in [0.2, 0.25) is 0 Å². The summed E-state index contributed by atoms with van der Waals surface area (Å²) in [7, 11) is 0. The molecule has 0 amide bonds. The lowest BCUT2D eigenvalue weighted by atomic mass is 9.97. The Bertz CT molecular complexity index is 1080. The molecule has 0 saturated carbocycles. The SMILES string of the molecule is O=C1c2cc3c(cc2OCc2c1ccc(NCc1ccccc1)c2F)OCO3. The van der Waals surface area contributed by atoms with E-state index >= 15 is 4.39 Å². The predicted octanol–water partition coefficient (Wildman–Crippen LogP) is 4.29. The van der Waals surface area contributed by atoms with Crippen molar-refractivity contribution in [3.63, 3.8) is 0 Å². The van der Waals surface area contributed by atoms with Crippen molar-refractivity contribution in [2.45, 2.75) is 13.2 Å². The second-order valence-electron chi connectivity index (χ2n) is 6.61. The molecule has 0 radical (unpaired) electrons. The van der Waals surface area contributed by atoms with Gasteiger partial charge < -0.3 is 19.5 Å². The summed E-state index contributed by atoms with van der Waals surface area (Å²) in [5.41, 5.74) is 2.24. The van der Waals surface area contributed by atoms with E-state index in [1.54, 1.807) is 24.3 Å². The number of benzene rings is 3. The van der Waals surface area contributed by atoms with Gasteiger partial charge in [-0.1, -0.05) is 30.3 Å². The third-order valence-electron chi connectivity index (χ3n) is 4.91. The van der Waals surface area contributed by atoms with Gasteiger partial charge in [0.2, 0.25) is 6.79 Å². The van der Waals surface area contributed by atoms with Crippen LogP contribution in [0.4, 0.5) is 10.1 Å². The average molecular weight is 377 g/mol. The van der Waals surface area contributed by atoms with Crippen LogP contribution in [0.15, 0.2) is 54.6 Å². The van der Waals surface area contributed by atoms with Crippen LogP contribution < -0.4 is 19.5 Å². The van der Waals surface area contributed by atoms with Crippen LogP contribution in [-0.2, 0) is 13.2 Å². The summed E-state index contributed by atoms with van der Waals surface area (Å²) in [5, 5.41) is 3.09. The fraction of sp³-hybridized carbons (Fsp3) is 0.136. The lowest BCUT2D eigenvalue weighted by molar-refractivity contribution is 0.103. The minimum atomic E-state index is -0.477. The van der Waals surface area contributed by atoms with E-state index in [9.17, 15) is 4.79 Å². The van der Waals surface area contributed by atoms with Crippen molar-refractivity contribution in [1.82, 2.24) is 0 Å². The largest absolute Gasteiger partial charge is 0.488 e. The molecular formula is C22H16FNO4. The molecule has 1 N–H and O–H groups in total. The van der Waals surface area contributed by atoms with E-state index < -0.39 is 5.82 Å². The number of nitrogens with one attached hydrogen (secondary N) is 1. The van der Waals surface area contributed by atoms with Gasteiger partial charge >= 0.3 is 0 Å². The second kappa shape index (κ2) is 6.56. The molecule has 5 nitrogen and oxygen atoms in total. The van der Waals surface area contributed by atoms with Gasteiger partial charge in [0.15, 0.2) is 23.1 Å². The first kappa shape index (κ1) is 16.6. The van der Waals surface area contributed by atoms with Crippen LogP contribution in [-0.4, -0.2) is 12.6 Å². The number of ether oxygens (including phenoxy) is 3. The van der Waals surface area contributed by atoms with Crippen LogP contribution in [0.25, 0.3) is 0 Å². The number of hydrogen-bond acceptors (Lipinski definition) is 5. The molecule has 0 fully saturated rings. The minimum absolute atomic E-state index is 0.0413. The topological polar surface area (TPSA) is 56.8 Å². The van der Waals surface area contributed by atoms with Gasteiger partial charge in [-0.25, -0.2) is 4.39 Å². The Balaban J connectivity index is 1.48. The molecule has 28 heavy (non-hydrogen) atoms. The molecule has 0 atom stereocenters. The van der Waals surface area contributed by atoms with Gasteiger partial charge in [-0.05, 0) is 23.8 Å². The Morgan fingerprint density at radius 3 is 2.50 bits per heavy atom. The van der Waals surface area contributed by atoms with Gasteiger partial charge in [0.05, 0.1) is 11.3 Å². The molecule has 0 unspecified atom stereocenters. The maximum Gasteiger partial charge on any atom is 0.231 e. The summed E-state index contributed by atoms with van der Waals surface area (Å²) in [6.45, 7) is 0.543. The normalized spacial score (nSPS) is 14.0. The lowest BCUT2D eigenvalue weighted by Crippen LogP contribution is -2.09. The van der Waals surface area contributed by atoms with Crippen molar-refractivity contribution in [3.05, 3.63) is 82.7 Å². The molecule has 0 spiro atoms. The monoisotopic (exact) mass is 377 g/mol. The maximum atomic E-state index is 15.1. The summed E-state index contributed by atoms with van der Waals surface area (Å²) in [4.78, 5) is 13.0. The summed E-state index contributed by atoms with van der Waals surface area (Å²) in [6.07, 6.45) is 0. The molecule has 0 saturated heterocycles. The molecule has 0 aromatic heterocycles. The number of rotatable bonds is 3. The number of hydrogen-bond donors (Lipinski definition) is 1. The van der Waals surface area contributed by atoms with Crippen molar-refractivity contribution >= 4 is 11.5 Å². The highest BCUT2D eigenvalue weighted by molar-refractivity contribution is 6.12. The van der Waals surface area contributed by atoms with Crippen LogP contribution in [0.1, 0.15) is 27.0 Å². The van der Waals surface area contributed by atoms with Gasteiger partial charge in [-0.2, -0.15) is 0 Å². The third kappa shape index (κ3) is 2.74. The molecule has 0 bridgehead atoms. The van der Waals surface area contributed by atoms with Gasteiger partial charge in [-0.15, -0.1) is 0 Å². The lowest BCUT2D eigenvalue weighted by Gasteiger charge is -2.12. The Kier molecular flexibility index (Phi) is 3.90. The molecule has 3 aromatic rings. The first-order valence-electron chi connectivity index (χ1n) is 8.91. The van der Waals surface area contributed by atoms with E-state index in [0.717, 1.165) is 5.56 Å². The van der Waals surface area contributed by atoms with E-state index in [0.29, 0.717) is 40.6 Å². The number of halogens is 1. The van der Waals surface area contributed by atoms with E-state index in [-0.39, 0.29) is 24.7 Å². The molecule has 3 aromatic carbocycles. The Morgan fingerprint density at radius 1 is 0.893 bits per heavy atom. The zero-order valence-corrected chi connectivity index (χ0v) is 14.8. The number of carbonyl (C=O) groups excluding carboxylic acids is 1. The molecular weight excluding hydrogens is 361 g/mol. The first-order chi connectivity index (χ1) is 13.7. The van der Waals surface area contributed by atoms with Crippen molar-refractivity contribution in [2.75, 3.05) is 12.1 Å². The number of ketones is 1. The fourth-order valence-corrected chi connectivity index (χ4v) is 3.42. The third-order valence-corrected chi connectivity index (χ3v) is 4.91. The first-order valence-corrected chi connectivity index (χ1v) is 8.91. The molecule has 5 rings (SSSR count). The molecule has 2 heterocycles. The molecule has 6 heteroatoms. The number of carbonyl (C=O) groups is 1. The average Bonchev–Trinajstić information content (AvgIpc) is 3.13. The maximum absolute atomic E-state index is 15.1. The van der Waals surface area contributed by atoms with Crippen molar-refractivity contribution in [2.24, 2.45) is 0 Å². The highest BCUT2D eigenvalue weighted by atomic mass is 19.1. The summed E-state index contributed by atoms with van der Waals surface area (Å²) >= 11 is 0. The highest BCUT2D eigenvalue weighted by Gasteiger charge is 2.29. The van der Waals surface area contributed by atoms with Crippen LogP contribution >= 0.6 is 0 Å². The molecule has 2 aliphatic rings. The number of fused-ring (bicyclic) bond motifs is 3. The van der Waals surface area contributed by atoms with E-state index in [1.165, 1.54) is 0 Å². The molecule has 140 valence electrons. The van der Waals surface area contributed by atoms with Crippen molar-refractivity contribution in [1.29, 1.82) is 0 Å². The van der Waals surface area contributed by atoms with Gasteiger partial charge in [0, 0.05) is 23.7 Å². The van der Waals surface area contributed by atoms with E-state index in [2.05, 4.69) is 5.32 Å². The van der Waals surface area contributed by atoms with Crippen molar-refractivity contribution < 1.29 is 23.4 Å². The van der Waals surface area contributed by atoms with Gasteiger partial charge in [0.1, 0.15) is 12.4 Å². The van der Waals surface area contributed by atoms with Gasteiger partial charge in [-0.3, -0.25) is 4.79 Å². The summed E-state index contributed by atoms with van der Waals surface area (Å²) in [5.74, 6) is 0.594. The fourth-order valence-electron chi connectivity index (χ4n) is 3.42. The van der Waals surface area contributed by atoms with E-state index in [4.69, 9.17) is 14.2 Å². The summed E-state index contributed by atoms with van der Waals surface area (Å²) < 4.78 is 31.6. The zero-order valence-electron chi connectivity index (χ0n) is 14.8. The van der Waals surface area contributed by atoms with E-state index in [1.807, 2.05) is 30.3 Å². The van der Waals surface area contributed by atoms with Crippen LogP contribution in [0.5, 0.6) is 17.2 Å². The highest BCUT2D eigenvalue weighted by Crippen LogP contribution is 2.41. The quantitative estimate of drug-likeness (QED) is 0.738. The molecule has 2 aliphatic heterocycles. The van der Waals surface area contributed by atoms with Crippen LogP contribution in [0.3, 0.4) is 0 Å². The minimum Gasteiger partial charge on any atom is -0.488 e. The zero-order chi connectivity index (χ0) is 19.1. The Morgan fingerprint density at radius 2 is 1.68 bits per heavy atom. The summed E-state index contributed by atoms with van der Waals surface area (Å²) in [6, 6.07) is 16.1. The van der Waals surface area contributed by atoms with Crippen molar-refractivity contribution in [3.8, 4) is 17.2 Å². The second-order valence-corrected chi connectivity index (χ2v) is 6.61.